The van der Waals surface area contributed by atoms with E-state index in [1.54, 1.807) is 19.2 Å². The minimum Gasteiger partial charge on any atom is -0.508 e. The van der Waals surface area contributed by atoms with Crippen molar-refractivity contribution in [2.45, 2.75) is 45.4 Å². The Labute approximate surface area is 121 Å². The first kappa shape index (κ1) is 16.7. The number of benzene rings is 1. The molecule has 20 heavy (non-hydrogen) atoms. The van der Waals surface area contributed by atoms with Crippen LogP contribution < -0.4 is 0 Å². The zero-order valence-electron chi connectivity index (χ0n) is 12.8. The number of carbonyl (C=O) groups is 1. The number of rotatable bonds is 8. The van der Waals surface area contributed by atoms with Gasteiger partial charge in [0, 0.05) is 25.3 Å². The number of phenols is 1. The fraction of sp³-hybridized carbons (Fsp3) is 0.562. The predicted octanol–water partition coefficient (Wildman–Crippen LogP) is 2.84. The lowest BCUT2D eigenvalue weighted by Crippen LogP contribution is -2.29. The minimum atomic E-state index is 0.194. The summed E-state index contributed by atoms with van der Waals surface area (Å²) >= 11 is 0. The van der Waals surface area contributed by atoms with E-state index < -0.39 is 0 Å². The first-order valence-corrected chi connectivity index (χ1v) is 6.98. The summed E-state index contributed by atoms with van der Waals surface area (Å²) in [6.45, 7) is 4.86. The molecule has 1 aromatic carbocycles. The lowest BCUT2D eigenvalue weighted by Gasteiger charge is -2.26. The number of phenolic OH excluding ortho intramolecular Hbond substituents is 1. The van der Waals surface area contributed by atoms with E-state index in [0.717, 1.165) is 24.7 Å². The molecule has 4 nitrogen and oxygen atoms in total. The van der Waals surface area contributed by atoms with E-state index in [-0.39, 0.29) is 11.9 Å². The highest BCUT2D eigenvalue weighted by Crippen LogP contribution is 2.19. The van der Waals surface area contributed by atoms with Crippen LogP contribution in [0, 0.1) is 0 Å². The molecule has 0 saturated carbocycles. The van der Waals surface area contributed by atoms with E-state index >= 15 is 0 Å². The van der Waals surface area contributed by atoms with Crippen LogP contribution in [0.5, 0.6) is 5.75 Å². The Morgan fingerprint density at radius 1 is 1.35 bits per heavy atom. The Bertz CT molecular complexity index is 434. The van der Waals surface area contributed by atoms with Crippen molar-refractivity contribution in [2.75, 3.05) is 14.2 Å². The molecule has 0 bridgehead atoms. The molecule has 1 rings (SSSR count). The number of ether oxygens (including phenoxy) is 1. The molecule has 0 aliphatic heterocycles. The Kier molecular flexibility index (Phi) is 6.68. The van der Waals surface area contributed by atoms with Crippen molar-refractivity contribution in [1.29, 1.82) is 0 Å². The van der Waals surface area contributed by atoms with E-state index in [1.807, 2.05) is 7.05 Å². The number of hydrogen-bond donors (Lipinski definition) is 1. The third-order valence-corrected chi connectivity index (χ3v) is 3.82. The number of carbonyl (C=O) groups excluding carboxylic acids is 1. The van der Waals surface area contributed by atoms with Gasteiger partial charge >= 0.3 is 0 Å². The zero-order valence-corrected chi connectivity index (χ0v) is 12.8. The molecule has 0 aliphatic carbocycles. The molecule has 0 saturated heterocycles. The fourth-order valence-corrected chi connectivity index (χ4v) is 2.08. The molecular formula is C16H25NO3. The van der Waals surface area contributed by atoms with Crippen molar-refractivity contribution in [3.8, 4) is 5.75 Å². The van der Waals surface area contributed by atoms with E-state index in [0.29, 0.717) is 18.2 Å². The smallest absolute Gasteiger partial charge is 0.150 e. The summed E-state index contributed by atoms with van der Waals surface area (Å²) in [5, 5.41) is 9.54. The molecule has 0 aromatic heterocycles. The van der Waals surface area contributed by atoms with Crippen LogP contribution in [0.2, 0.25) is 0 Å². The summed E-state index contributed by atoms with van der Waals surface area (Å²) in [5.74, 6) is 0.194. The second kappa shape index (κ2) is 8.02. The van der Waals surface area contributed by atoms with Gasteiger partial charge in [-0.05, 0) is 57.5 Å². The SMILES string of the molecule is COC(C)CCC(C)N(C)Cc1cc(O)ccc1C=O. The number of hydrogen-bond acceptors (Lipinski definition) is 4. The van der Waals surface area contributed by atoms with Crippen LogP contribution in [0.1, 0.15) is 42.6 Å². The van der Waals surface area contributed by atoms with Gasteiger partial charge in [0.15, 0.2) is 0 Å². The lowest BCUT2D eigenvalue weighted by atomic mass is 10.1. The van der Waals surface area contributed by atoms with Gasteiger partial charge in [-0.2, -0.15) is 0 Å². The highest BCUT2D eigenvalue weighted by molar-refractivity contribution is 5.77. The van der Waals surface area contributed by atoms with Crippen LogP contribution in [0.15, 0.2) is 18.2 Å². The first-order valence-electron chi connectivity index (χ1n) is 6.98. The standard InChI is InChI=1S/C16H25NO3/c1-12(5-6-13(2)20-4)17(3)10-15-9-16(19)8-7-14(15)11-18/h7-9,11-13,19H,5-6,10H2,1-4H3. The molecule has 4 heteroatoms. The van der Waals surface area contributed by atoms with Crippen LogP contribution in [-0.4, -0.2) is 42.6 Å². The van der Waals surface area contributed by atoms with Crippen molar-refractivity contribution < 1.29 is 14.6 Å². The monoisotopic (exact) mass is 279 g/mol. The predicted molar refractivity (Wildman–Crippen MR) is 80.1 cm³/mol. The summed E-state index contributed by atoms with van der Waals surface area (Å²) in [7, 11) is 3.75. The molecular weight excluding hydrogens is 254 g/mol. The van der Waals surface area contributed by atoms with Crippen molar-refractivity contribution in [3.05, 3.63) is 29.3 Å². The molecule has 112 valence electrons. The lowest BCUT2D eigenvalue weighted by molar-refractivity contribution is 0.0988. The van der Waals surface area contributed by atoms with Crippen molar-refractivity contribution >= 4 is 6.29 Å². The summed E-state index contributed by atoms with van der Waals surface area (Å²) in [6, 6.07) is 5.24. The Hall–Kier alpha value is -1.39. The average Bonchev–Trinajstić information content (AvgIpc) is 2.44. The molecule has 0 heterocycles. The molecule has 0 fully saturated rings. The molecule has 1 N–H and O–H groups in total. The topological polar surface area (TPSA) is 49.8 Å². The summed E-state index contributed by atoms with van der Waals surface area (Å²) in [5.41, 5.74) is 1.49. The Morgan fingerprint density at radius 3 is 2.65 bits per heavy atom. The van der Waals surface area contributed by atoms with Crippen LogP contribution in [0.3, 0.4) is 0 Å². The molecule has 2 unspecified atom stereocenters. The van der Waals surface area contributed by atoms with Gasteiger partial charge < -0.3 is 9.84 Å². The third kappa shape index (κ3) is 4.94. The number of aldehydes is 1. The van der Waals surface area contributed by atoms with E-state index in [4.69, 9.17) is 4.74 Å². The van der Waals surface area contributed by atoms with E-state index in [1.165, 1.54) is 6.07 Å². The van der Waals surface area contributed by atoms with Crippen molar-refractivity contribution in [3.63, 3.8) is 0 Å². The molecule has 0 spiro atoms. The normalized spacial score (nSPS) is 14.2. The molecule has 0 aliphatic rings. The third-order valence-electron chi connectivity index (χ3n) is 3.82. The Balaban J connectivity index is 2.63. The van der Waals surface area contributed by atoms with Gasteiger partial charge in [0.2, 0.25) is 0 Å². The largest absolute Gasteiger partial charge is 0.508 e. The maximum Gasteiger partial charge on any atom is 0.150 e. The van der Waals surface area contributed by atoms with Gasteiger partial charge in [-0.25, -0.2) is 0 Å². The van der Waals surface area contributed by atoms with E-state index in [9.17, 15) is 9.90 Å². The fourth-order valence-electron chi connectivity index (χ4n) is 2.08. The van der Waals surface area contributed by atoms with Crippen molar-refractivity contribution in [1.82, 2.24) is 4.90 Å². The molecule has 0 radical (unpaired) electrons. The average molecular weight is 279 g/mol. The van der Waals surface area contributed by atoms with Gasteiger partial charge in [0.1, 0.15) is 12.0 Å². The van der Waals surface area contributed by atoms with Gasteiger partial charge in [-0.3, -0.25) is 9.69 Å². The number of methoxy groups -OCH3 is 1. The molecule has 2 atom stereocenters. The maximum absolute atomic E-state index is 11.0. The molecule has 1 aromatic rings. The van der Waals surface area contributed by atoms with Gasteiger partial charge in [0.05, 0.1) is 6.10 Å². The second-order valence-electron chi connectivity index (χ2n) is 5.39. The number of aromatic hydroxyl groups is 1. The van der Waals surface area contributed by atoms with Crippen LogP contribution in [0.4, 0.5) is 0 Å². The van der Waals surface area contributed by atoms with E-state index in [2.05, 4.69) is 18.7 Å². The highest BCUT2D eigenvalue weighted by atomic mass is 16.5. The highest BCUT2D eigenvalue weighted by Gasteiger charge is 2.13. The minimum absolute atomic E-state index is 0.194. The van der Waals surface area contributed by atoms with Gasteiger partial charge in [-0.15, -0.1) is 0 Å². The van der Waals surface area contributed by atoms with Gasteiger partial charge in [0.25, 0.3) is 0 Å². The summed E-state index contributed by atoms with van der Waals surface area (Å²) in [4.78, 5) is 13.2. The van der Waals surface area contributed by atoms with Gasteiger partial charge in [-0.1, -0.05) is 0 Å². The first-order chi connectivity index (χ1) is 9.47. The zero-order chi connectivity index (χ0) is 15.1. The second-order valence-corrected chi connectivity index (χ2v) is 5.39. The van der Waals surface area contributed by atoms with Crippen LogP contribution >= 0.6 is 0 Å². The van der Waals surface area contributed by atoms with Crippen LogP contribution in [0.25, 0.3) is 0 Å². The summed E-state index contributed by atoms with van der Waals surface area (Å²) < 4.78 is 5.25. The molecule has 0 amide bonds. The maximum atomic E-state index is 11.0. The quantitative estimate of drug-likeness (QED) is 0.743. The van der Waals surface area contributed by atoms with Crippen LogP contribution in [-0.2, 0) is 11.3 Å². The number of nitrogens with zero attached hydrogens (tertiary/aromatic N) is 1. The summed E-state index contributed by atoms with van der Waals surface area (Å²) in [6.07, 6.45) is 3.13. The Morgan fingerprint density at radius 2 is 2.05 bits per heavy atom. The van der Waals surface area contributed by atoms with Crippen molar-refractivity contribution in [2.24, 2.45) is 0 Å².